The SMILES string of the molecule is C1=CC(c2ccccc2)(c2ccccn2)Cc2[nH]nc(-c3ccccn3)c21. The normalized spacial score (nSPS) is 18.2. The first-order valence-corrected chi connectivity index (χ1v) is 9.02. The topological polar surface area (TPSA) is 54.5 Å². The van der Waals surface area contributed by atoms with Crippen molar-refractivity contribution in [1.82, 2.24) is 20.2 Å². The zero-order valence-corrected chi connectivity index (χ0v) is 14.7. The quantitative estimate of drug-likeness (QED) is 0.595. The lowest BCUT2D eigenvalue weighted by Gasteiger charge is -2.33. The Balaban J connectivity index is 1.66. The molecule has 4 aromatic rings. The molecule has 1 atom stereocenters. The number of nitrogens with one attached hydrogen (secondary N) is 1. The third-order valence-corrected chi connectivity index (χ3v) is 5.19. The molecular formula is C23H18N4. The zero-order chi connectivity index (χ0) is 18.1. The Bertz CT molecular complexity index is 1040. The highest BCUT2D eigenvalue weighted by molar-refractivity contribution is 5.74. The number of H-pyrrole nitrogens is 1. The van der Waals surface area contributed by atoms with Crippen molar-refractivity contribution in [3.8, 4) is 11.4 Å². The van der Waals surface area contributed by atoms with Crippen molar-refractivity contribution in [3.05, 3.63) is 108 Å². The van der Waals surface area contributed by atoms with Crippen LogP contribution >= 0.6 is 0 Å². The minimum absolute atomic E-state index is 0.316. The number of aromatic nitrogens is 4. The molecule has 1 aliphatic carbocycles. The van der Waals surface area contributed by atoms with E-state index in [1.165, 1.54) is 5.56 Å². The molecule has 0 bridgehead atoms. The second-order valence-electron chi connectivity index (χ2n) is 6.74. The Hall–Kier alpha value is -3.53. The van der Waals surface area contributed by atoms with E-state index in [1.54, 1.807) is 6.20 Å². The Kier molecular flexibility index (Phi) is 3.68. The lowest BCUT2D eigenvalue weighted by molar-refractivity contribution is 0.601. The van der Waals surface area contributed by atoms with E-state index < -0.39 is 0 Å². The van der Waals surface area contributed by atoms with Crippen LogP contribution in [0.4, 0.5) is 0 Å². The summed E-state index contributed by atoms with van der Waals surface area (Å²) in [6.45, 7) is 0. The maximum atomic E-state index is 4.69. The molecule has 0 aliphatic heterocycles. The molecule has 1 unspecified atom stereocenters. The molecule has 3 aromatic heterocycles. The molecule has 1 aliphatic rings. The van der Waals surface area contributed by atoms with Gasteiger partial charge in [-0.15, -0.1) is 0 Å². The Morgan fingerprint density at radius 3 is 2.33 bits per heavy atom. The second kappa shape index (κ2) is 6.32. The van der Waals surface area contributed by atoms with Crippen molar-refractivity contribution in [2.24, 2.45) is 0 Å². The summed E-state index contributed by atoms with van der Waals surface area (Å²) in [6, 6.07) is 22.5. The van der Waals surface area contributed by atoms with Gasteiger partial charge >= 0.3 is 0 Å². The fraction of sp³-hybridized carbons (Fsp3) is 0.0870. The van der Waals surface area contributed by atoms with Crippen LogP contribution in [0.5, 0.6) is 0 Å². The predicted octanol–water partition coefficient (Wildman–Crippen LogP) is 4.42. The lowest BCUT2D eigenvalue weighted by atomic mass is 9.70. The largest absolute Gasteiger partial charge is 0.281 e. The standard InChI is InChI=1S/C23H18N4/c1-2-8-17(9-3-1)23(21-11-5-7-15-25-21)13-12-18-20(16-23)26-27-22(18)19-10-4-6-14-24-19/h1-15H,16H2,(H,26,27). The molecule has 0 radical (unpaired) electrons. The van der Waals surface area contributed by atoms with Crippen molar-refractivity contribution >= 4 is 6.08 Å². The van der Waals surface area contributed by atoms with Crippen molar-refractivity contribution in [2.45, 2.75) is 11.8 Å². The molecule has 0 fully saturated rings. The number of pyridine rings is 2. The number of fused-ring (bicyclic) bond motifs is 1. The fourth-order valence-electron chi connectivity index (χ4n) is 3.85. The van der Waals surface area contributed by atoms with Gasteiger partial charge in [0.05, 0.1) is 16.8 Å². The predicted molar refractivity (Wildman–Crippen MR) is 106 cm³/mol. The van der Waals surface area contributed by atoms with Crippen LogP contribution in [0.15, 0.2) is 85.2 Å². The molecule has 1 N–H and O–H groups in total. The highest BCUT2D eigenvalue weighted by atomic mass is 15.1. The third kappa shape index (κ3) is 2.57. The molecule has 27 heavy (non-hydrogen) atoms. The number of hydrogen-bond donors (Lipinski definition) is 1. The van der Waals surface area contributed by atoms with E-state index in [1.807, 2.05) is 42.6 Å². The summed E-state index contributed by atoms with van der Waals surface area (Å²) in [7, 11) is 0. The summed E-state index contributed by atoms with van der Waals surface area (Å²) in [5.41, 5.74) is 5.92. The van der Waals surface area contributed by atoms with Gasteiger partial charge in [0.2, 0.25) is 0 Å². The van der Waals surface area contributed by atoms with E-state index in [0.717, 1.165) is 34.8 Å². The molecule has 0 amide bonds. The maximum Gasteiger partial charge on any atom is 0.118 e. The van der Waals surface area contributed by atoms with Crippen LogP contribution in [0.25, 0.3) is 17.5 Å². The van der Waals surface area contributed by atoms with Crippen molar-refractivity contribution in [3.63, 3.8) is 0 Å². The summed E-state index contributed by atoms with van der Waals surface area (Å²) < 4.78 is 0. The number of benzene rings is 1. The molecule has 3 heterocycles. The number of hydrogen-bond acceptors (Lipinski definition) is 3. The highest BCUT2D eigenvalue weighted by Crippen LogP contribution is 2.41. The summed E-state index contributed by atoms with van der Waals surface area (Å²) in [4.78, 5) is 9.14. The van der Waals surface area contributed by atoms with Crippen LogP contribution in [-0.4, -0.2) is 20.2 Å². The van der Waals surface area contributed by atoms with E-state index in [2.05, 4.69) is 57.7 Å². The van der Waals surface area contributed by atoms with Gasteiger partial charge in [-0.3, -0.25) is 15.1 Å². The van der Waals surface area contributed by atoms with E-state index in [-0.39, 0.29) is 5.41 Å². The van der Waals surface area contributed by atoms with Crippen LogP contribution in [0.2, 0.25) is 0 Å². The fourth-order valence-corrected chi connectivity index (χ4v) is 3.85. The molecule has 4 heteroatoms. The van der Waals surface area contributed by atoms with Gasteiger partial charge in [-0.2, -0.15) is 5.10 Å². The number of aromatic amines is 1. The number of allylic oxidation sites excluding steroid dienone is 1. The molecule has 5 rings (SSSR count). The second-order valence-corrected chi connectivity index (χ2v) is 6.74. The first-order valence-electron chi connectivity index (χ1n) is 9.02. The summed E-state index contributed by atoms with van der Waals surface area (Å²) >= 11 is 0. The summed E-state index contributed by atoms with van der Waals surface area (Å²) in [6.07, 6.45) is 8.85. The number of nitrogens with zero attached hydrogens (tertiary/aromatic N) is 3. The maximum absolute atomic E-state index is 4.69. The van der Waals surface area contributed by atoms with Crippen LogP contribution in [0.3, 0.4) is 0 Å². The highest BCUT2D eigenvalue weighted by Gasteiger charge is 2.37. The third-order valence-electron chi connectivity index (χ3n) is 5.19. The van der Waals surface area contributed by atoms with E-state index in [4.69, 9.17) is 4.98 Å². The molecule has 0 saturated heterocycles. The van der Waals surface area contributed by atoms with Gasteiger partial charge in [0.1, 0.15) is 5.69 Å². The zero-order valence-electron chi connectivity index (χ0n) is 14.7. The first-order chi connectivity index (χ1) is 13.4. The molecule has 4 nitrogen and oxygen atoms in total. The molecule has 130 valence electrons. The average Bonchev–Trinajstić information content (AvgIpc) is 3.18. The van der Waals surface area contributed by atoms with E-state index in [9.17, 15) is 0 Å². The van der Waals surface area contributed by atoms with Gasteiger partial charge < -0.3 is 0 Å². The van der Waals surface area contributed by atoms with E-state index >= 15 is 0 Å². The Labute approximate surface area is 157 Å². The van der Waals surface area contributed by atoms with E-state index in [0.29, 0.717) is 0 Å². The molecule has 0 saturated carbocycles. The van der Waals surface area contributed by atoms with Crippen LogP contribution in [-0.2, 0) is 11.8 Å². The molecule has 0 spiro atoms. The van der Waals surface area contributed by atoms with Gasteiger partial charge in [0.25, 0.3) is 0 Å². The summed E-state index contributed by atoms with van der Waals surface area (Å²) in [5.74, 6) is 0. The van der Waals surface area contributed by atoms with Crippen molar-refractivity contribution in [1.29, 1.82) is 0 Å². The van der Waals surface area contributed by atoms with Crippen molar-refractivity contribution < 1.29 is 0 Å². The summed E-state index contributed by atoms with van der Waals surface area (Å²) in [5, 5.41) is 7.81. The monoisotopic (exact) mass is 350 g/mol. The number of rotatable bonds is 3. The van der Waals surface area contributed by atoms with Crippen LogP contribution < -0.4 is 0 Å². The molecule has 1 aromatic carbocycles. The van der Waals surface area contributed by atoms with Crippen LogP contribution in [0.1, 0.15) is 22.5 Å². The first kappa shape index (κ1) is 15.7. The average molecular weight is 350 g/mol. The Morgan fingerprint density at radius 1 is 0.815 bits per heavy atom. The van der Waals surface area contributed by atoms with Crippen molar-refractivity contribution in [2.75, 3.05) is 0 Å². The van der Waals surface area contributed by atoms with Gasteiger partial charge in [-0.05, 0) is 29.8 Å². The van der Waals surface area contributed by atoms with Gasteiger partial charge in [0.15, 0.2) is 0 Å². The minimum atomic E-state index is -0.316. The lowest BCUT2D eigenvalue weighted by Crippen LogP contribution is -2.31. The minimum Gasteiger partial charge on any atom is -0.281 e. The van der Waals surface area contributed by atoms with Gasteiger partial charge in [-0.25, -0.2) is 0 Å². The van der Waals surface area contributed by atoms with Crippen LogP contribution in [0, 0.1) is 0 Å². The smallest absolute Gasteiger partial charge is 0.118 e. The molecular weight excluding hydrogens is 332 g/mol. The van der Waals surface area contributed by atoms with Gasteiger partial charge in [-0.1, -0.05) is 54.6 Å². The Morgan fingerprint density at radius 2 is 1.59 bits per heavy atom. The van der Waals surface area contributed by atoms with Gasteiger partial charge in [0, 0.05) is 30.1 Å².